The molecule has 0 aliphatic heterocycles. The van der Waals surface area contributed by atoms with Gasteiger partial charge in [0.2, 0.25) is 0 Å². The minimum absolute atomic E-state index is 0.566. The second-order valence-corrected chi connectivity index (χ2v) is 7.95. The lowest BCUT2D eigenvalue weighted by Crippen LogP contribution is -2.52. The summed E-state index contributed by atoms with van der Waals surface area (Å²) in [5, 5.41) is 8.27. The molecule has 0 amide bonds. The molecule has 1 unspecified atom stereocenters. The summed E-state index contributed by atoms with van der Waals surface area (Å²) in [4.78, 5) is 0. The summed E-state index contributed by atoms with van der Waals surface area (Å²) in [5.41, 5.74) is 2.93. The van der Waals surface area contributed by atoms with Crippen LogP contribution in [-0.4, -0.2) is 15.8 Å². The molecule has 20 heavy (non-hydrogen) atoms. The number of hydrogen-bond donors (Lipinski definition) is 1. The van der Waals surface area contributed by atoms with Crippen molar-refractivity contribution in [1.29, 1.82) is 0 Å². The van der Waals surface area contributed by atoms with E-state index >= 15 is 0 Å². The number of anilines is 1. The average Bonchev–Trinajstić information content (AvgIpc) is 2.66. The Labute approximate surface area is 122 Å². The van der Waals surface area contributed by atoms with Gasteiger partial charge in [-0.1, -0.05) is 0 Å². The van der Waals surface area contributed by atoms with Gasteiger partial charge >= 0.3 is 0 Å². The standard InChI is InChI=1S/C17H27N3/c1-11-16(10-20(3)19-11)18-12(2)17-7-13-4-14(8-17)6-15(5-13)9-17/h10,12-15,18H,4-9H2,1-3H3. The van der Waals surface area contributed by atoms with Crippen LogP contribution in [0.1, 0.15) is 51.1 Å². The van der Waals surface area contributed by atoms with E-state index in [2.05, 4.69) is 30.5 Å². The molecule has 4 saturated carbocycles. The topological polar surface area (TPSA) is 29.9 Å². The third-order valence-corrected chi connectivity index (χ3v) is 6.39. The van der Waals surface area contributed by atoms with Crippen LogP contribution < -0.4 is 5.32 Å². The first-order chi connectivity index (χ1) is 9.54. The molecular formula is C17H27N3. The van der Waals surface area contributed by atoms with Gasteiger partial charge in [0.05, 0.1) is 11.4 Å². The summed E-state index contributed by atoms with van der Waals surface area (Å²) in [7, 11) is 2.01. The molecule has 5 rings (SSSR count). The maximum absolute atomic E-state index is 4.46. The van der Waals surface area contributed by atoms with Gasteiger partial charge < -0.3 is 5.32 Å². The average molecular weight is 273 g/mol. The Morgan fingerprint density at radius 3 is 2.20 bits per heavy atom. The minimum atomic E-state index is 0.566. The molecular weight excluding hydrogens is 246 g/mol. The van der Waals surface area contributed by atoms with Gasteiger partial charge in [-0.3, -0.25) is 4.68 Å². The van der Waals surface area contributed by atoms with Crippen LogP contribution in [0.25, 0.3) is 0 Å². The number of hydrogen-bond acceptors (Lipinski definition) is 2. The van der Waals surface area contributed by atoms with Crippen molar-refractivity contribution in [1.82, 2.24) is 9.78 Å². The van der Waals surface area contributed by atoms with E-state index < -0.39 is 0 Å². The van der Waals surface area contributed by atoms with Gasteiger partial charge in [-0.2, -0.15) is 5.10 Å². The molecule has 4 aliphatic rings. The maximum atomic E-state index is 4.46. The fourth-order valence-corrected chi connectivity index (χ4v) is 5.84. The first-order valence-electron chi connectivity index (χ1n) is 8.31. The molecule has 4 aliphatic carbocycles. The van der Waals surface area contributed by atoms with Crippen LogP contribution in [0.3, 0.4) is 0 Å². The monoisotopic (exact) mass is 273 g/mol. The summed E-state index contributed by atoms with van der Waals surface area (Å²) >= 11 is 0. The molecule has 3 heteroatoms. The molecule has 1 aromatic heterocycles. The van der Waals surface area contributed by atoms with Crippen molar-refractivity contribution < 1.29 is 0 Å². The third-order valence-electron chi connectivity index (χ3n) is 6.39. The highest BCUT2D eigenvalue weighted by Gasteiger charge is 2.53. The predicted octanol–water partition coefficient (Wildman–Crippen LogP) is 3.75. The highest BCUT2D eigenvalue weighted by Crippen LogP contribution is 2.61. The Kier molecular flexibility index (Phi) is 2.71. The maximum Gasteiger partial charge on any atom is 0.0825 e. The third kappa shape index (κ3) is 1.89. The van der Waals surface area contributed by atoms with Gasteiger partial charge in [-0.15, -0.1) is 0 Å². The van der Waals surface area contributed by atoms with Gasteiger partial charge in [0, 0.05) is 19.3 Å². The van der Waals surface area contributed by atoms with Gasteiger partial charge in [0.15, 0.2) is 0 Å². The van der Waals surface area contributed by atoms with Crippen molar-refractivity contribution in [2.45, 2.75) is 58.4 Å². The Morgan fingerprint density at radius 1 is 1.20 bits per heavy atom. The molecule has 1 aromatic rings. The van der Waals surface area contributed by atoms with Gasteiger partial charge in [-0.05, 0) is 75.5 Å². The SMILES string of the molecule is Cc1nn(C)cc1NC(C)C12CC3CC(CC(C3)C1)C2. The molecule has 1 atom stereocenters. The molecule has 4 bridgehead atoms. The Balaban J connectivity index is 1.56. The largest absolute Gasteiger partial charge is 0.379 e. The van der Waals surface area contributed by atoms with Crippen molar-refractivity contribution in [3.8, 4) is 0 Å². The van der Waals surface area contributed by atoms with Crippen LogP contribution in [0.15, 0.2) is 6.20 Å². The van der Waals surface area contributed by atoms with Crippen LogP contribution in [0.4, 0.5) is 5.69 Å². The number of aryl methyl sites for hydroxylation is 2. The van der Waals surface area contributed by atoms with Gasteiger partial charge in [0.1, 0.15) is 0 Å². The summed E-state index contributed by atoms with van der Waals surface area (Å²) in [5.74, 6) is 3.08. The zero-order chi connectivity index (χ0) is 13.9. The van der Waals surface area contributed by atoms with Crippen LogP contribution in [-0.2, 0) is 7.05 Å². The fourth-order valence-electron chi connectivity index (χ4n) is 5.84. The lowest BCUT2D eigenvalue weighted by atomic mass is 9.48. The summed E-state index contributed by atoms with van der Waals surface area (Å²) in [6, 6.07) is 0.582. The molecule has 1 heterocycles. The van der Waals surface area contributed by atoms with Crippen molar-refractivity contribution in [2.24, 2.45) is 30.2 Å². The molecule has 1 N–H and O–H groups in total. The summed E-state index contributed by atoms with van der Waals surface area (Å²) in [6.45, 7) is 4.52. The Hall–Kier alpha value is -0.990. The molecule has 110 valence electrons. The fraction of sp³-hybridized carbons (Fsp3) is 0.824. The number of nitrogens with one attached hydrogen (secondary N) is 1. The van der Waals surface area contributed by atoms with E-state index in [0.717, 1.165) is 23.4 Å². The molecule has 0 radical (unpaired) electrons. The van der Waals surface area contributed by atoms with Crippen LogP contribution in [0.2, 0.25) is 0 Å². The van der Waals surface area contributed by atoms with E-state index in [1.165, 1.54) is 44.2 Å². The van der Waals surface area contributed by atoms with E-state index in [0.29, 0.717) is 11.5 Å². The van der Waals surface area contributed by atoms with Crippen molar-refractivity contribution >= 4 is 5.69 Å². The number of nitrogens with zero attached hydrogens (tertiary/aromatic N) is 2. The first kappa shape index (κ1) is 12.7. The highest BCUT2D eigenvalue weighted by atomic mass is 15.3. The summed E-state index contributed by atoms with van der Waals surface area (Å²) in [6.07, 6.45) is 11.1. The molecule has 4 fully saturated rings. The number of aromatic nitrogens is 2. The zero-order valence-corrected chi connectivity index (χ0v) is 13.0. The van der Waals surface area contributed by atoms with Crippen molar-refractivity contribution in [3.63, 3.8) is 0 Å². The molecule has 0 spiro atoms. The molecule has 3 nitrogen and oxygen atoms in total. The summed E-state index contributed by atoms with van der Waals surface area (Å²) < 4.78 is 1.92. The lowest BCUT2D eigenvalue weighted by Gasteiger charge is -2.59. The smallest absolute Gasteiger partial charge is 0.0825 e. The van der Waals surface area contributed by atoms with Crippen LogP contribution in [0.5, 0.6) is 0 Å². The van der Waals surface area contributed by atoms with E-state index in [9.17, 15) is 0 Å². The van der Waals surface area contributed by atoms with Crippen molar-refractivity contribution in [3.05, 3.63) is 11.9 Å². The van der Waals surface area contributed by atoms with Crippen LogP contribution in [0, 0.1) is 30.1 Å². The van der Waals surface area contributed by atoms with E-state index in [-0.39, 0.29) is 0 Å². The van der Waals surface area contributed by atoms with E-state index in [1.54, 1.807) is 0 Å². The zero-order valence-electron chi connectivity index (χ0n) is 13.0. The van der Waals surface area contributed by atoms with Gasteiger partial charge in [-0.25, -0.2) is 0 Å². The van der Waals surface area contributed by atoms with E-state index in [1.807, 2.05) is 11.7 Å². The Bertz CT molecular complexity index is 481. The molecule has 0 aromatic carbocycles. The lowest BCUT2D eigenvalue weighted by molar-refractivity contribution is -0.0602. The molecule has 0 saturated heterocycles. The first-order valence-corrected chi connectivity index (χ1v) is 8.31. The van der Waals surface area contributed by atoms with Crippen molar-refractivity contribution in [2.75, 3.05) is 5.32 Å². The van der Waals surface area contributed by atoms with Gasteiger partial charge in [0.25, 0.3) is 0 Å². The van der Waals surface area contributed by atoms with E-state index in [4.69, 9.17) is 0 Å². The predicted molar refractivity (Wildman–Crippen MR) is 81.6 cm³/mol. The van der Waals surface area contributed by atoms with Crippen LogP contribution >= 0.6 is 0 Å². The second kappa shape index (κ2) is 4.25. The highest BCUT2D eigenvalue weighted by molar-refractivity contribution is 5.46. The second-order valence-electron chi connectivity index (χ2n) is 7.95. The quantitative estimate of drug-likeness (QED) is 0.909. The number of rotatable bonds is 3. The Morgan fingerprint density at radius 2 is 1.75 bits per heavy atom. The minimum Gasteiger partial charge on any atom is -0.379 e. The normalized spacial score (nSPS) is 40.0.